The maximum Gasteiger partial charge on any atom is 0.415 e. The summed E-state index contributed by atoms with van der Waals surface area (Å²) in [6.45, 7) is 14.8. The second-order valence-electron chi connectivity index (χ2n) is 11.9. The van der Waals surface area contributed by atoms with Crippen LogP contribution in [0.25, 0.3) is 0 Å². The Labute approximate surface area is 233 Å². The van der Waals surface area contributed by atoms with E-state index in [0.29, 0.717) is 18.7 Å². The van der Waals surface area contributed by atoms with Gasteiger partial charge in [-0.2, -0.15) is 0 Å². The van der Waals surface area contributed by atoms with Crippen LogP contribution in [0, 0.1) is 0 Å². The molecule has 0 bridgehead atoms. The van der Waals surface area contributed by atoms with Crippen molar-refractivity contribution in [3.05, 3.63) is 94.5 Å². The normalized spacial score (nSPS) is 11.7. The van der Waals surface area contributed by atoms with Crippen LogP contribution in [0.4, 0.5) is 15.3 Å². The van der Waals surface area contributed by atoms with E-state index >= 15 is 0 Å². The van der Waals surface area contributed by atoms with Gasteiger partial charge >= 0.3 is 12.1 Å². The summed E-state index contributed by atoms with van der Waals surface area (Å²) in [5, 5.41) is 13.5. The monoisotopic (exact) mass is 530 g/mol. The average Bonchev–Trinajstić information content (AvgIpc) is 2.86. The van der Waals surface area contributed by atoms with E-state index in [2.05, 4.69) is 59.0 Å². The van der Waals surface area contributed by atoms with Gasteiger partial charge in [0.1, 0.15) is 5.75 Å². The zero-order valence-electron chi connectivity index (χ0n) is 24.3. The summed E-state index contributed by atoms with van der Waals surface area (Å²) in [5.41, 5.74) is 5.21. The van der Waals surface area contributed by atoms with E-state index in [9.17, 15) is 14.7 Å². The van der Waals surface area contributed by atoms with Gasteiger partial charge in [-0.1, -0.05) is 102 Å². The van der Waals surface area contributed by atoms with Crippen LogP contribution in [0.1, 0.15) is 76.3 Å². The van der Waals surface area contributed by atoms with Crippen LogP contribution in [-0.4, -0.2) is 23.8 Å². The first-order valence-corrected chi connectivity index (χ1v) is 13.5. The van der Waals surface area contributed by atoms with Gasteiger partial charge in [-0.25, -0.2) is 14.9 Å². The van der Waals surface area contributed by atoms with Gasteiger partial charge in [-0.15, -0.1) is 0 Å². The predicted octanol–water partition coefficient (Wildman–Crippen LogP) is 7.65. The number of hydrogen-bond acceptors (Lipinski definition) is 4. The Balaban J connectivity index is 1.97. The topological polar surface area (TPSA) is 78.9 Å². The smallest absolute Gasteiger partial charge is 0.415 e. The summed E-state index contributed by atoms with van der Waals surface area (Å²) in [6, 6.07) is 21.1. The quantitative estimate of drug-likeness (QED) is 0.329. The fourth-order valence-electron chi connectivity index (χ4n) is 4.60. The first kappa shape index (κ1) is 29.8. The van der Waals surface area contributed by atoms with E-state index in [1.165, 1.54) is 0 Å². The second kappa shape index (κ2) is 12.4. The SMILES string of the molecule is CCOC(=O)NC(=O)N(Cc1ccccc1)c1ccccc1CCc1cc(C(C)(C)C)c(O)c(C(C)(C)C)c1. The minimum absolute atomic E-state index is 0.175. The average molecular weight is 531 g/mol. The number of para-hydroxylation sites is 1. The van der Waals surface area contributed by atoms with Crippen LogP contribution in [0.2, 0.25) is 0 Å². The number of urea groups is 1. The summed E-state index contributed by atoms with van der Waals surface area (Å²) in [7, 11) is 0. The molecular weight excluding hydrogens is 488 g/mol. The van der Waals surface area contributed by atoms with E-state index in [1.807, 2.05) is 54.6 Å². The molecule has 6 nitrogen and oxygen atoms in total. The maximum absolute atomic E-state index is 13.3. The van der Waals surface area contributed by atoms with Crippen LogP contribution < -0.4 is 10.2 Å². The third kappa shape index (κ3) is 7.85. The summed E-state index contributed by atoms with van der Waals surface area (Å²) in [6.07, 6.45) is 0.625. The molecule has 0 atom stereocenters. The van der Waals surface area contributed by atoms with Crippen molar-refractivity contribution in [2.75, 3.05) is 11.5 Å². The number of aromatic hydroxyl groups is 1. The van der Waals surface area contributed by atoms with Crippen molar-refractivity contribution >= 4 is 17.8 Å². The number of aryl methyl sites for hydroxylation is 2. The van der Waals surface area contributed by atoms with Crippen LogP contribution in [0.5, 0.6) is 5.75 Å². The van der Waals surface area contributed by atoms with Crippen molar-refractivity contribution in [2.45, 2.75) is 78.7 Å². The van der Waals surface area contributed by atoms with Crippen molar-refractivity contribution < 1.29 is 19.4 Å². The molecule has 0 spiro atoms. The number of nitrogens with zero attached hydrogens (tertiary/aromatic N) is 1. The molecule has 3 aromatic carbocycles. The third-order valence-electron chi connectivity index (χ3n) is 6.66. The molecule has 0 aromatic heterocycles. The number of phenols is 1. The molecule has 6 heteroatoms. The molecular formula is C33H42N2O4. The molecule has 0 fully saturated rings. The number of carbonyl (C=O) groups is 2. The number of imide groups is 1. The molecule has 3 aromatic rings. The lowest BCUT2D eigenvalue weighted by atomic mass is 9.78. The van der Waals surface area contributed by atoms with Crippen molar-refractivity contribution in [1.29, 1.82) is 0 Å². The molecule has 39 heavy (non-hydrogen) atoms. The van der Waals surface area contributed by atoms with Crippen molar-refractivity contribution in [1.82, 2.24) is 5.32 Å². The van der Waals surface area contributed by atoms with Gasteiger partial charge in [0.2, 0.25) is 0 Å². The van der Waals surface area contributed by atoms with Crippen molar-refractivity contribution in [3.8, 4) is 5.75 Å². The molecule has 0 unspecified atom stereocenters. The molecule has 3 rings (SSSR count). The largest absolute Gasteiger partial charge is 0.507 e. The first-order valence-electron chi connectivity index (χ1n) is 13.5. The second-order valence-corrected chi connectivity index (χ2v) is 11.9. The van der Waals surface area contributed by atoms with Gasteiger partial charge in [-0.05, 0) is 64.5 Å². The molecule has 0 aliphatic carbocycles. The lowest BCUT2D eigenvalue weighted by Crippen LogP contribution is -2.43. The highest BCUT2D eigenvalue weighted by atomic mass is 16.5. The highest BCUT2D eigenvalue weighted by molar-refractivity contribution is 6.01. The summed E-state index contributed by atoms with van der Waals surface area (Å²) < 4.78 is 4.95. The molecule has 0 heterocycles. The molecule has 3 amide bonds. The summed E-state index contributed by atoms with van der Waals surface area (Å²) in [5.74, 6) is 0.365. The fourth-order valence-corrected chi connectivity index (χ4v) is 4.60. The fraction of sp³-hybridized carbons (Fsp3) is 0.394. The number of ether oxygens (including phenoxy) is 1. The van der Waals surface area contributed by atoms with Gasteiger partial charge in [0.05, 0.1) is 13.2 Å². The minimum atomic E-state index is -0.772. The number of alkyl carbamates (subject to hydrolysis) is 1. The minimum Gasteiger partial charge on any atom is -0.507 e. The van der Waals surface area contributed by atoms with Crippen molar-refractivity contribution in [3.63, 3.8) is 0 Å². The number of amides is 3. The Hall–Kier alpha value is -3.80. The molecule has 0 aliphatic rings. The van der Waals surface area contributed by atoms with E-state index in [-0.39, 0.29) is 17.4 Å². The van der Waals surface area contributed by atoms with Gasteiger partial charge in [-0.3, -0.25) is 4.90 Å². The Morgan fingerprint density at radius 1 is 0.821 bits per heavy atom. The number of hydrogen-bond donors (Lipinski definition) is 2. The van der Waals surface area contributed by atoms with Crippen LogP contribution in [-0.2, 0) is 35.0 Å². The molecule has 0 radical (unpaired) electrons. The number of nitrogens with one attached hydrogen (secondary N) is 1. The molecule has 2 N–H and O–H groups in total. The Kier molecular flexibility index (Phi) is 9.44. The Morgan fingerprint density at radius 3 is 1.95 bits per heavy atom. The van der Waals surface area contributed by atoms with Crippen LogP contribution in [0.3, 0.4) is 0 Å². The van der Waals surface area contributed by atoms with Crippen molar-refractivity contribution in [2.24, 2.45) is 0 Å². The van der Waals surface area contributed by atoms with E-state index in [1.54, 1.807) is 11.8 Å². The molecule has 208 valence electrons. The number of carbonyl (C=O) groups excluding carboxylic acids is 2. The lowest BCUT2D eigenvalue weighted by molar-refractivity contribution is 0.153. The van der Waals surface area contributed by atoms with Crippen LogP contribution >= 0.6 is 0 Å². The van der Waals surface area contributed by atoms with E-state index < -0.39 is 12.1 Å². The lowest BCUT2D eigenvalue weighted by Gasteiger charge is -2.28. The summed E-state index contributed by atoms with van der Waals surface area (Å²) >= 11 is 0. The highest BCUT2D eigenvalue weighted by Gasteiger charge is 2.27. The van der Waals surface area contributed by atoms with Gasteiger partial charge < -0.3 is 9.84 Å². The van der Waals surface area contributed by atoms with Crippen LogP contribution in [0.15, 0.2) is 66.7 Å². The van der Waals surface area contributed by atoms with E-state index in [4.69, 9.17) is 4.74 Å². The number of phenolic OH excluding ortho intramolecular Hbond substituents is 1. The summed E-state index contributed by atoms with van der Waals surface area (Å²) in [4.78, 5) is 27.0. The molecule has 0 saturated carbocycles. The third-order valence-corrected chi connectivity index (χ3v) is 6.66. The molecule has 0 saturated heterocycles. The first-order chi connectivity index (χ1) is 18.3. The Bertz CT molecular complexity index is 1250. The van der Waals surface area contributed by atoms with Gasteiger partial charge in [0, 0.05) is 5.69 Å². The molecule has 0 aliphatic heterocycles. The number of benzene rings is 3. The predicted molar refractivity (Wildman–Crippen MR) is 158 cm³/mol. The zero-order chi connectivity index (χ0) is 28.8. The Morgan fingerprint density at radius 2 is 1.38 bits per heavy atom. The number of rotatable bonds is 7. The highest BCUT2D eigenvalue weighted by Crippen LogP contribution is 2.40. The standard InChI is InChI=1S/C33H42N2O4/c1-8-39-31(38)34-30(37)35(22-23-14-10-9-11-15-23)28-17-13-12-16-25(28)19-18-24-20-26(32(2,3)4)29(36)27(21-24)33(5,6)7/h9-17,20-21,36H,8,18-19,22H2,1-7H3,(H,34,37,38). The number of anilines is 1. The van der Waals surface area contributed by atoms with Gasteiger partial charge in [0.15, 0.2) is 0 Å². The zero-order valence-corrected chi connectivity index (χ0v) is 24.3. The van der Waals surface area contributed by atoms with E-state index in [0.717, 1.165) is 39.9 Å². The van der Waals surface area contributed by atoms with Gasteiger partial charge in [0.25, 0.3) is 0 Å². The maximum atomic E-state index is 13.3.